The summed E-state index contributed by atoms with van der Waals surface area (Å²) in [6.07, 6.45) is 0.146. The first kappa shape index (κ1) is 15.0. The molecule has 2 aromatic carbocycles. The molecular weight excluding hydrogens is 271 g/mol. The van der Waals surface area contributed by atoms with Crippen LogP contribution < -0.4 is 9.47 Å². The van der Waals surface area contributed by atoms with Crippen LogP contribution in [0.4, 0.5) is 4.39 Å². The molecule has 0 unspecified atom stereocenters. The molecule has 4 heteroatoms. The Morgan fingerprint density at radius 1 is 1.05 bits per heavy atom. The van der Waals surface area contributed by atoms with Crippen molar-refractivity contribution in [2.75, 3.05) is 14.2 Å². The normalized spacial score (nSPS) is 10.3. The maximum absolute atomic E-state index is 13.6. The summed E-state index contributed by atoms with van der Waals surface area (Å²) in [5.41, 5.74) is 2.10. The number of ether oxygens (including phenoxy) is 2. The lowest BCUT2D eigenvalue weighted by molar-refractivity contribution is 0.0993. The van der Waals surface area contributed by atoms with E-state index >= 15 is 0 Å². The molecule has 0 N–H and O–H groups in total. The van der Waals surface area contributed by atoms with Gasteiger partial charge in [0.1, 0.15) is 5.75 Å². The monoisotopic (exact) mass is 288 g/mol. The number of hydrogen-bond donors (Lipinski definition) is 0. The van der Waals surface area contributed by atoms with Crippen molar-refractivity contribution >= 4 is 5.78 Å². The van der Waals surface area contributed by atoms with Gasteiger partial charge < -0.3 is 9.47 Å². The number of hydrogen-bond acceptors (Lipinski definition) is 3. The molecule has 0 atom stereocenters. The quantitative estimate of drug-likeness (QED) is 0.789. The van der Waals surface area contributed by atoms with Crippen molar-refractivity contribution in [2.24, 2.45) is 0 Å². The molecule has 2 aromatic rings. The molecule has 0 bridgehead atoms. The summed E-state index contributed by atoms with van der Waals surface area (Å²) in [6.45, 7) is 1.88. The maximum atomic E-state index is 13.6. The molecule has 0 radical (unpaired) electrons. The van der Waals surface area contributed by atoms with Gasteiger partial charge in [-0.25, -0.2) is 4.39 Å². The predicted molar refractivity (Wildman–Crippen MR) is 78.7 cm³/mol. The predicted octanol–water partition coefficient (Wildman–Crippen LogP) is 3.58. The van der Waals surface area contributed by atoms with Gasteiger partial charge in [-0.15, -0.1) is 0 Å². The van der Waals surface area contributed by atoms with Crippen LogP contribution >= 0.6 is 0 Å². The summed E-state index contributed by atoms with van der Waals surface area (Å²) in [5, 5.41) is 0. The molecule has 0 spiro atoms. The largest absolute Gasteiger partial charge is 0.496 e. The number of halogens is 1. The van der Waals surface area contributed by atoms with E-state index in [1.807, 2.05) is 6.92 Å². The number of rotatable bonds is 5. The molecule has 2 rings (SSSR count). The number of ketones is 1. The van der Waals surface area contributed by atoms with Gasteiger partial charge in [-0.05, 0) is 48.4 Å². The van der Waals surface area contributed by atoms with Crippen molar-refractivity contribution in [3.63, 3.8) is 0 Å². The molecule has 0 heterocycles. The van der Waals surface area contributed by atoms with Gasteiger partial charge in [-0.1, -0.05) is 6.07 Å². The Hall–Kier alpha value is -2.36. The molecular formula is C17H17FO3. The fourth-order valence-corrected chi connectivity index (χ4v) is 2.16. The number of aryl methyl sites for hydroxylation is 1. The molecule has 3 nitrogen and oxygen atoms in total. The Morgan fingerprint density at radius 2 is 1.71 bits per heavy atom. The molecule has 0 aromatic heterocycles. The third-order valence-electron chi connectivity index (χ3n) is 3.30. The van der Waals surface area contributed by atoms with E-state index in [1.54, 1.807) is 31.4 Å². The van der Waals surface area contributed by atoms with E-state index in [1.165, 1.54) is 19.2 Å². The summed E-state index contributed by atoms with van der Waals surface area (Å²) < 4.78 is 23.6. The van der Waals surface area contributed by atoms with Crippen molar-refractivity contribution in [2.45, 2.75) is 13.3 Å². The smallest absolute Gasteiger partial charge is 0.167 e. The van der Waals surface area contributed by atoms with Crippen LogP contribution in [0, 0.1) is 12.7 Å². The van der Waals surface area contributed by atoms with Crippen molar-refractivity contribution in [3.05, 3.63) is 58.9 Å². The van der Waals surface area contributed by atoms with E-state index in [2.05, 4.69) is 0 Å². The second-order valence-corrected chi connectivity index (χ2v) is 4.75. The number of methoxy groups -OCH3 is 2. The molecule has 0 aliphatic heterocycles. The van der Waals surface area contributed by atoms with Crippen LogP contribution in [0.5, 0.6) is 11.5 Å². The van der Waals surface area contributed by atoms with Crippen molar-refractivity contribution in [1.82, 2.24) is 0 Å². The topological polar surface area (TPSA) is 35.5 Å². The average Bonchev–Trinajstić information content (AvgIpc) is 2.47. The van der Waals surface area contributed by atoms with E-state index in [-0.39, 0.29) is 18.0 Å². The minimum atomic E-state index is -0.464. The van der Waals surface area contributed by atoms with Gasteiger partial charge in [0.05, 0.1) is 14.2 Å². The Balaban J connectivity index is 2.18. The first-order chi connectivity index (χ1) is 10.0. The van der Waals surface area contributed by atoms with E-state index in [9.17, 15) is 9.18 Å². The van der Waals surface area contributed by atoms with Gasteiger partial charge in [0, 0.05) is 12.0 Å². The Kier molecular flexibility index (Phi) is 4.58. The summed E-state index contributed by atoms with van der Waals surface area (Å²) in [6, 6.07) is 9.80. The summed E-state index contributed by atoms with van der Waals surface area (Å²) in [5.74, 6) is 0.382. The molecule has 0 aliphatic carbocycles. The highest BCUT2D eigenvalue weighted by Gasteiger charge is 2.11. The molecule has 21 heavy (non-hydrogen) atoms. The number of Topliss-reactive ketones (excluding diaryl/α,β-unsaturated/α-hetero) is 1. The summed E-state index contributed by atoms with van der Waals surface area (Å²) in [4.78, 5) is 12.2. The van der Waals surface area contributed by atoms with Crippen LogP contribution in [0.1, 0.15) is 21.5 Å². The standard InChI is InChI=1S/C17H17FO3/c1-11-8-13(5-7-16(11)20-2)15(19)10-12-4-6-17(21-3)14(18)9-12/h4-9H,10H2,1-3H3. The van der Waals surface area contributed by atoms with Gasteiger partial charge in [0.15, 0.2) is 17.3 Å². The van der Waals surface area contributed by atoms with Gasteiger partial charge >= 0.3 is 0 Å². The van der Waals surface area contributed by atoms with Gasteiger partial charge in [0.25, 0.3) is 0 Å². The van der Waals surface area contributed by atoms with Crippen molar-refractivity contribution < 1.29 is 18.7 Å². The summed E-state index contributed by atoms with van der Waals surface area (Å²) >= 11 is 0. The SMILES string of the molecule is COc1ccc(C(=O)Cc2ccc(OC)c(F)c2)cc1C. The zero-order valence-electron chi connectivity index (χ0n) is 12.3. The molecule has 0 aliphatic rings. The van der Waals surface area contributed by atoms with Gasteiger partial charge in [-0.3, -0.25) is 4.79 Å². The highest BCUT2D eigenvalue weighted by molar-refractivity contribution is 5.97. The van der Waals surface area contributed by atoms with Crippen LogP contribution in [0.3, 0.4) is 0 Å². The molecule has 0 fully saturated rings. The lowest BCUT2D eigenvalue weighted by Crippen LogP contribution is -2.05. The lowest BCUT2D eigenvalue weighted by Gasteiger charge is -2.08. The van der Waals surface area contributed by atoms with Crippen LogP contribution in [0.15, 0.2) is 36.4 Å². The average molecular weight is 288 g/mol. The third-order valence-corrected chi connectivity index (χ3v) is 3.30. The third kappa shape index (κ3) is 3.40. The van der Waals surface area contributed by atoms with E-state index in [4.69, 9.17) is 9.47 Å². The zero-order chi connectivity index (χ0) is 15.4. The first-order valence-corrected chi connectivity index (χ1v) is 6.55. The minimum Gasteiger partial charge on any atom is -0.496 e. The number of benzene rings is 2. The molecule has 0 saturated heterocycles. The zero-order valence-corrected chi connectivity index (χ0v) is 12.3. The van der Waals surface area contributed by atoms with Crippen molar-refractivity contribution in [3.8, 4) is 11.5 Å². The molecule has 110 valence electrons. The van der Waals surface area contributed by atoms with Crippen molar-refractivity contribution in [1.29, 1.82) is 0 Å². The van der Waals surface area contributed by atoms with Gasteiger partial charge in [-0.2, -0.15) is 0 Å². The Bertz CT molecular complexity index is 665. The lowest BCUT2D eigenvalue weighted by atomic mass is 10.0. The minimum absolute atomic E-state index is 0.0645. The van der Waals surface area contributed by atoms with E-state index in [0.29, 0.717) is 11.1 Å². The van der Waals surface area contributed by atoms with Gasteiger partial charge in [0.2, 0.25) is 0 Å². The summed E-state index contributed by atoms with van der Waals surface area (Å²) in [7, 11) is 2.99. The van der Waals surface area contributed by atoms with E-state index in [0.717, 1.165) is 11.3 Å². The number of carbonyl (C=O) groups is 1. The van der Waals surface area contributed by atoms with Crippen LogP contribution in [-0.4, -0.2) is 20.0 Å². The van der Waals surface area contributed by atoms with Crippen LogP contribution in [-0.2, 0) is 6.42 Å². The second-order valence-electron chi connectivity index (χ2n) is 4.75. The molecule has 0 saturated carbocycles. The molecule has 0 amide bonds. The highest BCUT2D eigenvalue weighted by atomic mass is 19.1. The second kappa shape index (κ2) is 6.39. The van der Waals surface area contributed by atoms with E-state index < -0.39 is 5.82 Å². The fraction of sp³-hybridized carbons (Fsp3) is 0.235. The van der Waals surface area contributed by atoms with Crippen LogP contribution in [0.2, 0.25) is 0 Å². The fourth-order valence-electron chi connectivity index (χ4n) is 2.16. The van der Waals surface area contributed by atoms with Crippen LogP contribution in [0.25, 0.3) is 0 Å². The Labute approximate surface area is 123 Å². The highest BCUT2D eigenvalue weighted by Crippen LogP contribution is 2.21. The maximum Gasteiger partial charge on any atom is 0.167 e. The Morgan fingerprint density at radius 3 is 2.29 bits per heavy atom. The first-order valence-electron chi connectivity index (χ1n) is 6.55. The number of carbonyl (C=O) groups excluding carboxylic acids is 1.